The largest absolute Gasteiger partial charge is 0.400 e. The van der Waals surface area contributed by atoms with Crippen LogP contribution >= 0.6 is 23.4 Å². The average molecular weight is 600 g/mol. The highest BCUT2D eigenvalue weighted by Crippen LogP contribution is 2.51. The molecule has 0 fully saturated rings. The highest BCUT2D eigenvalue weighted by atomic mass is 35.5. The molecule has 0 saturated carbocycles. The molecule has 1 heterocycles. The molecule has 4 aromatic rings. The van der Waals surface area contributed by atoms with Crippen molar-refractivity contribution in [2.24, 2.45) is 5.73 Å². The molecule has 216 valence electrons. The van der Waals surface area contributed by atoms with E-state index in [1.807, 2.05) is 43.3 Å². The monoisotopic (exact) mass is 599 g/mol. The highest BCUT2D eigenvalue weighted by Gasteiger charge is 2.38. The van der Waals surface area contributed by atoms with E-state index >= 15 is 0 Å². The van der Waals surface area contributed by atoms with Crippen molar-refractivity contribution >= 4 is 30.2 Å². The second-order valence-electron chi connectivity index (χ2n) is 9.63. The van der Waals surface area contributed by atoms with E-state index in [2.05, 4.69) is 66.2 Å². The van der Waals surface area contributed by atoms with Gasteiger partial charge in [-0.3, -0.25) is 0 Å². The van der Waals surface area contributed by atoms with Gasteiger partial charge in [0.25, 0.3) is 0 Å². The van der Waals surface area contributed by atoms with E-state index < -0.39 is 12.7 Å². The summed E-state index contributed by atoms with van der Waals surface area (Å²) in [7, 11) is 0. The van der Waals surface area contributed by atoms with Gasteiger partial charge in [0, 0.05) is 28.0 Å². The van der Waals surface area contributed by atoms with Gasteiger partial charge in [-0.15, -0.1) is 0 Å². The molecule has 0 spiro atoms. The van der Waals surface area contributed by atoms with Crippen LogP contribution in [0.2, 0.25) is 5.02 Å². The van der Waals surface area contributed by atoms with Crippen molar-refractivity contribution in [1.82, 2.24) is 9.97 Å². The summed E-state index contributed by atoms with van der Waals surface area (Å²) in [4.78, 5) is 17.2. The first-order valence-electron chi connectivity index (χ1n) is 13.2. The van der Waals surface area contributed by atoms with Gasteiger partial charge in [0.05, 0.1) is 12.2 Å². The number of halogens is 4. The molecular weight excluding hydrogens is 567 g/mol. The third kappa shape index (κ3) is 8.64. The van der Waals surface area contributed by atoms with Crippen LogP contribution in [0.15, 0.2) is 90.2 Å². The van der Waals surface area contributed by atoms with Crippen molar-refractivity contribution < 1.29 is 18.0 Å². The number of hydrogen-bond donors (Lipinski definition) is 1. The predicted octanol–water partition coefficient (Wildman–Crippen LogP) is 8.76. The summed E-state index contributed by atoms with van der Waals surface area (Å²) in [6, 6.07) is 27.6. The third-order valence-electron chi connectivity index (χ3n) is 6.89. The number of benzene rings is 3. The zero-order chi connectivity index (χ0) is 29.9. The van der Waals surface area contributed by atoms with Crippen molar-refractivity contribution in [1.29, 1.82) is 0 Å². The maximum atomic E-state index is 10.7. The highest BCUT2D eigenvalue weighted by molar-refractivity contribution is 7.99. The van der Waals surface area contributed by atoms with Crippen LogP contribution in [0.5, 0.6) is 0 Å². The van der Waals surface area contributed by atoms with Gasteiger partial charge < -0.3 is 10.5 Å². The molecule has 1 aliphatic rings. The topological polar surface area (TPSA) is 68.9 Å². The quantitative estimate of drug-likeness (QED) is 0.125. The molecule has 0 aliphatic heterocycles. The molecule has 1 aliphatic carbocycles. The first-order valence-corrected chi connectivity index (χ1v) is 14.5. The van der Waals surface area contributed by atoms with Crippen molar-refractivity contribution in [3.05, 3.63) is 101 Å². The molecular formula is C32H33ClF3N3OS. The number of nitrogens with two attached hydrogens (primary N) is 1. The Morgan fingerprint density at radius 3 is 2.00 bits per heavy atom. The Morgan fingerprint density at radius 1 is 0.878 bits per heavy atom. The first-order chi connectivity index (χ1) is 19.7. The van der Waals surface area contributed by atoms with Crippen LogP contribution < -0.4 is 5.73 Å². The first kappa shape index (κ1) is 32.3. The molecule has 0 saturated heterocycles. The Morgan fingerprint density at radius 2 is 1.44 bits per heavy atom. The Kier molecular flexibility index (Phi) is 11.9. The second-order valence-corrected chi connectivity index (χ2v) is 11.1. The summed E-state index contributed by atoms with van der Waals surface area (Å²) >= 11 is 7.75. The number of aromatic nitrogens is 2. The molecule has 0 atom stereocenters. The van der Waals surface area contributed by atoms with Gasteiger partial charge >= 0.3 is 6.18 Å². The number of alkyl halides is 3. The number of nitrogens with zero attached hydrogens (tertiary/aromatic N) is 2. The summed E-state index contributed by atoms with van der Waals surface area (Å²) in [5.41, 5.74) is 12.1. The van der Waals surface area contributed by atoms with Gasteiger partial charge in [-0.25, -0.2) is 9.97 Å². The molecule has 1 aromatic heterocycles. The number of thioether (sulfide) groups is 1. The fourth-order valence-corrected chi connectivity index (χ4v) is 5.88. The lowest BCUT2D eigenvalue weighted by atomic mass is 9.76. The van der Waals surface area contributed by atoms with Crippen molar-refractivity contribution in [3.8, 4) is 22.4 Å². The fourth-order valence-electron chi connectivity index (χ4n) is 4.93. The van der Waals surface area contributed by atoms with E-state index in [1.54, 1.807) is 11.8 Å². The maximum Gasteiger partial charge on any atom is 0.400 e. The minimum Gasteiger partial charge on any atom is -0.323 e. The van der Waals surface area contributed by atoms with Crippen molar-refractivity contribution in [2.75, 3.05) is 12.3 Å². The number of hydrogen-bond acceptors (Lipinski definition) is 5. The number of carbonyl (C=O) groups is 1. The minimum absolute atomic E-state index is 0.107. The standard InChI is InChI=1S/C29H27ClN2S.C2H4F3N.CH2O/c1-29(25-11-5-3-9-23(25)24-10-4-6-12-26(24)29)18-7-2-8-20-33-28-31-19-17-27(32-28)21-13-15-22(30)16-14-21;3-2(4,5)1-6;1-2/h3-6,9-17,19H,2,7-8,18,20H2,1H3;1,6H2;1H2. The fraction of sp³-hybridized carbons (Fsp3) is 0.281. The van der Waals surface area contributed by atoms with E-state index in [9.17, 15) is 13.2 Å². The predicted molar refractivity (Wildman–Crippen MR) is 162 cm³/mol. The Labute approximate surface area is 248 Å². The van der Waals surface area contributed by atoms with E-state index in [1.165, 1.54) is 47.9 Å². The van der Waals surface area contributed by atoms with E-state index in [4.69, 9.17) is 21.4 Å². The number of unbranched alkanes of at least 4 members (excludes halogenated alkanes) is 2. The summed E-state index contributed by atoms with van der Waals surface area (Å²) in [5, 5.41) is 1.58. The van der Waals surface area contributed by atoms with Crippen LogP contribution in [0, 0.1) is 0 Å². The van der Waals surface area contributed by atoms with Crippen LogP contribution in [0.4, 0.5) is 13.2 Å². The number of rotatable bonds is 8. The van der Waals surface area contributed by atoms with E-state index in [0.717, 1.165) is 27.2 Å². The summed E-state index contributed by atoms with van der Waals surface area (Å²) in [6.07, 6.45) is 2.43. The van der Waals surface area contributed by atoms with Gasteiger partial charge in [-0.05, 0) is 53.3 Å². The van der Waals surface area contributed by atoms with E-state index in [-0.39, 0.29) is 5.41 Å². The minimum atomic E-state index is -4.18. The van der Waals surface area contributed by atoms with Crippen molar-refractivity contribution in [2.45, 2.75) is 49.4 Å². The lowest BCUT2D eigenvalue weighted by molar-refractivity contribution is -0.118. The normalized spacial score (nSPS) is 12.7. The summed E-state index contributed by atoms with van der Waals surface area (Å²) in [6.45, 7) is 3.19. The molecule has 5 rings (SSSR count). The van der Waals surface area contributed by atoms with Gasteiger partial charge in [-0.2, -0.15) is 13.2 Å². The maximum absolute atomic E-state index is 10.7. The second kappa shape index (κ2) is 15.1. The Balaban J connectivity index is 0.000000515. The Bertz CT molecular complexity index is 1350. The van der Waals surface area contributed by atoms with Crippen LogP contribution in [0.25, 0.3) is 22.4 Å². The molecule has 2 N–H and O–H groups in total. The lowest BCUT2D eigenvalue weighted by Gasteiger charge is -2.27. The molecule has 0 amide bonds. The van der Waals surface area contributed by atoms with Gasteiger partial charge in [0.2, 0.25) is 0 Å². The SMILES string of the molecule is C=O.CC1(CCCCCSc2nccc(-c3ccc(Cl)cc3)n2)c2ccccc2-c2ccccc21.NCC(F)(F)F. The lowest BCUT2D eigenvalue weighted by Crippen LogP contribution is -2.21. The van der Waals surface area contributed by atoms with Gasteiger partial charge in [-0.1, -0.05) is 104 Å². The smallest absolute Gasteiger partial charge is 0.323 e. The average Bonchev–Trinajstić information content (AvgIpc) is 3.25. The van der Waals surface area contributed by atoms with Gasteiger partial charge in [0.15, 0.2) is 5.16 Å². The van der Waals surface area contributed by atoms with Gasteiger partial charge in [0.1, 0.15) is 6.79 Å². The molecule has 4 nitrogen and oxygen atoms in total. The molecule has 0 bridgehead atoms. The molecule has 0 radical (unpaired) electrons. The molecule has 9 heteroatoms. The summed E-state index contributed by atoms with van der Waals surface area (Å²) < 4.78 is 32.0. The Hall–Kier alpha value is -3.20. The molecule has 0 unspecified atom stereocenters. The third-order valence-corrected chi connectivity index (χ3v) is 8.09. The van der Waals surface area contributed by atoms with Crippen molar-refractivity contribution in [3.63, 3.8) is 0 Å². The van der Waals surface area contributed by atoms with E-state index in [0.29, 0.717) is 0 Å². The van der Waals surface area contributed by atoms with Crippen LogP contribution in [0.3, 0.4) is 0 Å². The van der Waals surface area contributed by atoms with Crippen LogP contribution in [-0.4, -0.2) is 35.2 Å². The number of carbonyl (C=O) groups excluding carboxylic acids is 1. The number of fused-ring (bicyclic) bond motifs is 3. The molecule has 41 heavy (non-hydrogen) atoms. The zero-order valence-corrected chi connectivity index (χ0v) is 24.4. The van der Waals surface area contributed by atoms with Crippen LogP contribution in [-0.2, 0) is 10.2 Å². The summed E-state index contributed by atoms with van der Waals surface area (Å²) in [5.74, 6) is 1.04. The zero-order valence-electron chi connectivity index (χ0n) is 22.8. The van der Waals surface area contributed by atoms with Crippen LogP contribution in [0.1, 0.15) is 43.7 Å². The molecule has 3 aromatic carbocycles.